The van der Waals surface area contributed by atoms with Crippen molar-refractivity contribution < 1.29 is 23.8 Å². The molecule has 2 amide bonds. The Kier molecular flexibility index (Phi) is 8.02. The van der Waals surface area contributed by atoms with E-state index in [0.717, 1.165) is 11.1 Å². The maximum Gasteiger partial charge on any atom is 0.329 e. The molecule has 0 heterocycles. The summed E-state index contributed by atoms with van der Waals surface area (Å²) in [6, 6.07) is 19.8. The highest BCUT2D eigenvalue weighted by Gasteiger charge is 2.13. The Bertz CT molecular complexity index is 1140. The van der Waals surface area contributed by atoms with Gasteiger partial charge in [0, 0.05) is 5.69 Å². The van der Waals surface area contributed by atoms with Crippen LogP contribution in [0.15, 0.2) is 71.8 Å². The molecule has 0 aromatic heterocycles. The molecule has 3 rings (SSSR count). The molecule has 3 aromatic carbocycles. The zero-order valence-corrected chi connectivity index (χ0v) is 18.6. The minimum absolute atomic E-state index is 0.413. The standard InChI is InChI=1S/C25H25N3O5/c1-17-6-4-5-7-19(17)16-33-22-13-8-18(14-23(22)32-3)15-26-28-25(30)24(29)27-20-9-11-21(31-2)12-10-20/h4-15H,16H2,1-3H3,(H,27,29)(H,28,30)/b26-15+. The summed E-state index contributed by atoms with van der Waals surface area (Å²) in [5.41, 5.74) is 5.55. The van der Waals surface area contributed by atoms with Crippen molar-refractivity contribution in [2.24, 2.45) is 5.10 Å². The summed E-state index contributed by atoms with van der Waals surface area (Å²) in [5.74, 6) is 0.0167. The maximum absolute atomic E-state index is 12.0. The molecule has 0 aliphatic carbocycles. The number of nitrogens with one attached hydrogen (secondary N) is 2. The van der Waals surface area contributed by atoms with Crippen LogP contribution in [0, 0.1) is 6.92 Å². The average Bonchev–Trinajstić information content (AvgIpc) is 2.84. The van der Waals surface area contributed by atoms with Gasteiger partial charge in [-0.3, -0.25) is 9.59 Å². The number of benzene rings is 3. The molecular weight excluding hydrogens is 422 g/mol. The third-order valence-electron chi connectivity index (χ3n) is 4.77. The van der Waals surface area contributed by atoms with Gasteiger partial charge < -0.3 is 19.5 Å². The van der Waals surface area contributed by atoms with Crippen LogP contribution in [-0.2, 0) is 16.2 Å². The molecule has 33 heavy (non-hydrogen) atoms. The lowest BCUT2D eigenvalue weighted by atomic mass is 10.1. The SMILES string of the molecule is COc1ccc(NC(=O)C(=O)N/N=C/c2ccc(OCc3ccccc3C)c(OC)c2)cc1. The van der Waals surface area contributed by atoms with E-state index in [1.54, 1.807) is 56.7 Å². The van der Waals surface area contributed by atoms with Crippen molar-refractivity contribution in [2.75, 3.05) is 19.5 Å². The highest BCUT2D eigenvalue weighted by atomic mass is 16.5. The number of hydrogen-bond donors (Lipinski definition) is 2. The molecule has 170 valence electrons. The molecule has 3 aromatic rings. The first-order valence-electron chi connectivity index (χ1n) is 10.1. The van der Waals surface area contributed by atoms with Crippen LogP contribution in [0.5, 0.6) is 17.2 Å². The summed E-state index contributed by atoms with van der Waals surface area (Å²) >= 11 is 0. The maximum atomic E-state index is 12.0. The lowest BCUT2D eigenvalue weighted by Crippen LogP contribution is -2.32. The number of ether oxygens (including phenoxy) is 3. The quantitative estimate of drug-likeness (QED) is 0.312. The minimum Gasteiger partial charge on any atom is -0.497 e. The van der Waals surface area contributed by atoms with Gasteiger partial charge in [-0.05, 0) is 66.1 Å². The third-order valence-corrected chi connectivity index (χ3v) is 4.77. The van der Waals surface area contributed by atoms with Crippen molar-refractivity contribution in [1.29, 1.82) is 0 Å². The molecule has 2 N–H and O–H groups in total. The van der Waals surface area contributed by atoms with E-state index in [0.29, 0.717) is 35.1 Å². The molecule has 0 atom stereocenters. The van der Waals surface area contributed by atoms with Gasteiger partial charge in [0.05, 0.1) is 20.4 Å². The van der Waals surface area contributed by atoms with Crippen LogP contribution in [-0.4, -0.2) is 32.2 Å². The predicted octanol–water partition coefficient (Wildman–Crippen LogP) is 3.68. The predicted molar refractivity (Wildman–Crippen MR) is 126 cm³/mol. The van der Waals surface area contributed by atoms with Gasteiger partial charge in [0.1, 0.15) is 12.4 Å². The van der Waals surface area contributed by atoms with E-state index in [2.05, 4.69) is 15.8 Å². The van der Waals surface area contributed by atoms with Crippen LogP contribution in [0.25, 0.3) is 0 Å². The lowest BCUT2D eigenvalue weighted by molar-refractivity contribution is -0.136. The topological polar surface area (TPSA) is 98.2 Å². The van der Waals surface area contributed by atoms with Crippen molar-refractivity contribution in [3.05, 3.63) is 83.4 Å². The Morgan fingerprint density at radius 2 is 1.67 bits per heavy atom. The van der Waals surface area contributed by atoms with E-state index < -0.39 is 11.8 Å². The van der Waals surface area contributed by atoms with Gasteiger partial charge in [0.2, 0.25) is 0 Å². The largest absolute Gasteiger partial charge is 0.497 e. The number of hydrogen-bond acceptors (Lipinski definition) is 6. The summed E-state index contributed by atoms with van der Waals surface area (Å²) in [6.45, 7) is 2.44. The van der Waals surface area contributed by atoms with Crippen LogP contribution in [0.1, 0.15) is 16.7 Å². The number of nitrogens with zero attached hydrogens (tertiary/aromatic N) is 1. The Hall–Kier alpha value is -4.33. The van der Waals surface area contributed by atoms with E-state index >= 15 is 0 Å². The summed E-state index contributed by atoms with van der Waals surface area (Å²) < 4.78 is 16.4. The van der Waals surface area contributed by atoms with Crippen LogP contribution >= 0.6 is 0 Å². The molecule has 0 bridgehead atoms. The van der Waals surface area contributed by atoms with Gasteiger partial charge in [-0.25, -0.2) is 5.43 Å². The number of hydrazone groups is 1. The number of carbonyl (C=O) groups excluding carboxylic acids is 2. The van der Waals surface area contributed by atoms with E-state index in [1.807, 2.05) is 31.2 Å². The van der Waals surface area contributed by atoms with Crippen LogP contribution in [0.2, 0.25) is 0 Å². The van der Waals surface area contributed by atoms with Gasteiger partial charge in [0.15, 0.2) is 11.5 Å². The molecule has 0 aliphatic heterocycles. The summed E-state index contributed by atoms with van der Waals surface area (Å²) in [7, 11) is 3.09. The highest BCUT2D eigenvalue weighted by molar-refractivity contribution is 6.39. The average molecular weight is 447 g/mol. The smallest absolute Gasteiger partial charge is 0.329 e. The summed E-state index contributed by atoms with van der Waals surface area (Å²) in [5, 5.41) is 6.32. The van der Waals surface area contributed by atoms with E-state index in [9.17, 15) is 9.59 Å². The number of anilines is 1. The zero-order chi connectivity index (χ0) is 23.6. The van der Waals surface area contributed by atoms with Gasteiger partial charge in [-0.1, -0.05) is 24.3 Å². The molecule has 8 heteroatoms. The first kappa shape index (κ1) is 23.3. The Labute approximate surface area is 192 Å². The Morgan fingerprint density at radius 3 is 2.36 bits per heavy atom. The monoisotopic (exact) mass is 447 g/mol. The number of aryl methyl sites for hydroxylation is 1. The fraction of sp³-hybridized carbons (Fsp3) is 0.160. The van der Waals surface area contributed by atoms with Crippen LogP contribution < -0.4 is 25.0 Å². The van der Waals surface area contributed by atoms with Crippen LogP contribution in [0.4, 0.5) is 5.69 Å². The van der Waals surface area contributed by atoms with Gasteiger partial charge in [-0.2, -0.15) is 5.10 Å². The van der Waals surface area contributed by atoms with Gasteiger partial charge in [0.25, 0.3) is 0 Å². The molecule has 0 saturated heterocycles. The first-order valence-corrected chi connectivity index (χ1v) is 10.1. The van der Waals surface area contributed by atoms with Crippen molar-refractivity contribution in [3.63, 3.8) is 0 Å². The van der Waals surface area contributed by atoms with Gasteiger partial charge in [-0.15, -0.1) is 0 Å². The molecule has 0 unspecified atom stereocenters. The van der Waals surface area contributed by atoms with E-state index in [-0.39, 0.29) is 0 Å². The molecule has 0 spiro atoms. The zero-order valence-electron chi connectivity index (χ0n) is 18.6. The fourth-order valence-corrected chi connectivity index (χ4v) is 2.89. The Morgan fingerprint density at radius 1 is 0.909 bits per heavy atom. The first-order chi connectivity index (χ1) is 16.0. The molecule has 0 aliphatic rings. The fourth-order valence-electron chi connectivity index (χ4n) is 2.89. The number of carbonyl (C=O) groups is 2. The third kappa shape index (κ3) is 6.57. The normalized spacial score (nSPS) is 10.5. The van der Waals surface area contributed by atoms with Crippen LogP contribution in [0.3, 0.4) is 0 Å². The van der Waals surface area contributed by atoms with Crippen molar-refractivity contribution >= 4 is 23.7 Å². The molecule has 0 radical (unpaired) electrons. The molecule has 0 saturated carbocycles. The second-order valence-corrected chi connectivity index (χ2v) is 7.01. The van der Waals surface area contributed by atoms with Crippen molar-refractivity contribution in [2.45, 2.75) is 13.5 Å². The highest BCUT2D eigenvalue weighted by Crippen LogP contribution is 2.28. The lowest BCUT2D eigenvalue weighted by Gasteiger charge is -2.12. The van der Waals surface area contributed by atoms with Crippen molar-refractivity contribution in [1.82, 2.24) is 5.43 Å². The second kappa shape index (κ2) is 11.3. The van der Waals surface area contributed by atoms with E-state index in [1.165, 1.54) is 6.21 Å². The van der Waals surface area contributed by atoms with Crippen molar-refractivity contribution in [3.8, 4) is 17.2 Å². The molecule has 0 fully saturated rings. The second-order valence-electron chi connectivity index (χ2n) is 7.01. The van der Waals surface area contributed by atoms with E-state index in [4.69, 9.17) is 14.2 Å². The molecule has 8 nitrogen and oxygen atoms in total. The van der Waals surface area contributed by atoms with Gasteiger partial charge >= 0.3 is 11.8 Å². The minimum atomic E-state index is -0.896. The molecular formula is C25H25N3O5. The summed E-state index contributed by atoms with van der Waals surface area (Å²) in [6.07, 6.45) is 1.41. The Balaban J connectivity index is 1.55. The summed E-state index contributed by atoms with van der Waals surface area (Å²) in [4.78, 5) is 24.0. The number of methoxy groups -OCH3 is 2. The number of rotatable bonds is 8. The number of amides is 2.